The third-order valence-electron chi connectivity index (χ3n) is 4.24. The van der Waals surface area contributed by atoms with Crippen LogP contribution in [0.4, 0.5) is 0 Å². The second-order valence-corrected chi connectivity index (χ2v) is 9.63. The van der Waals surface area contributed by atoms with Crippen LogP contribution in [-0.2, 0) is 21.1 Å². The summed E-state index contributed by atoms with van der Waals surface area (Å²) in [5, 5.41) is 11.0. The average Bonchev–Trinajstić information content (AvgIpc) is 2.95. The van der Waals surface area contributed by atoms with Gasteiger partial charge in [0, 0.05) is 6.54 Å². The Kier molecular flexibility index (Phi) is 5.16. The quantitative estimate of drug-likeness (QED) is 0.860. The molecule has 2 atom stereocenters. The molecule has 5 nitrogen and oxygen atoms in total. The number of hydrogen-bond donors (Lipinski definition) is 2. The van der Waals surface area contributed by atoms with Gasteiger partial charge in [-0.05, 0) is 42.4 Å². The van der Waals surface area contributed by atoms with E-state index in [2.05, 4.69) is 26.1 Å². The predicted octanol–water partition coefficient (Wildman–Crippen LogP) is 2.25. The standard InChI is InChI=1S/C17H25NO4S/c1-17(2,3)9-8-12-4-6-13(7-5-12)23(21,22)14-10-15(16(19)20)18-11-14/h4-7,14-15,18H,8-11H2,1-3H3,(H,19,20)/t14?,15-/m0/s1. The van der Waals surface area contributed by atoms with E-state index in [-0.39, 0.29) is 23.3 Å². The van der Waals surface area contributed by atoms with Crippen LogP contribution in [0, 0.1) is 5.41 Å². The maximum Gasteiger partial charge on any atom is 0.320 e. The summed E-state index contributed by atoms with van der Waals surface area (Å²) in [5.74, 6) is -1.000. The van der Waals surface area contributed by atoms with Crippen LogP contribution >= 0.6 is 0 Å². The van der Waals surface area contributed by atoms with Crippen LogP contribution in [-0.4, -0.2) is 37.3 Å². The lowest BCUT2D eigenvalue weighted by molar-refractivity contribution is -0.139. The molecule has 0 aromatic heterocycles. The Bertz CT molecular complexity index is 659. The molecule has 1 heterocycles. The van der Waals surface area contributed by atoms with Crippen molar-refractivity contribution in [1.29, 1.82) is 0 Å². The van der Waals surface area contributed by atoms with Gasteiger partial charge in [0.1, 0.15) is 6.04 Å². The second-order valence-electron chi connectivity index (χ2n) is 7.41. The first-order chi connectivity index (χ1) is 10.6. The molecule has 6 heteroatoms. The first-order valence-corrected chi connectivity index (χ1v) is 9.43. The molecule has 1 aliphatic rings. The number of sulfone groups is 1. The zero-order valence-corrected chi connectivity index (χ0v) is 14.7. The smallest absolute Gasteiger partial charge is 0.320 e. The van der Waals surface area contributed by atoms with Gasteiger partial charge < -0.3 is 10.4 Å². The molecule has 1 saturated heterocycles. The van der Waals surface area contributed by atoms with E-state index in [9.17, 15) is 13.2 Å². The monoisotopic (exact) mass is 339 g/mol. The van der Waals surface area contributed by atoms with E-state index < -0.39 is 27.1 Å². The van der Waals surface area contributed by atoms with E-state index in [1.807, 2.05) is 12.1 Å². The molecule has 0 aliphatic carbocycles. The summed E-state index contributed by atoms with van der Waals surface area (Å²) in [6.45, 7) is 6.72. The van der Waals surface area contributed by atoms with Crippen LogP contribution in [0.1, 0.15) is 39.2 Å². The molecule has 2 rings (SSSR count). The number of nitrogens with one attached hydrogen (secondary N) is 1. The highest BCUT2D eigenvalue weighted by atomic mass is 32.2. The lowest BCUT2D eigenvalue weighted by Gasteiger charge is -2.18. The van der Waals surface area contributed by atoms with E-state index in [0.717, 1.165) is 18.4 Å². The Labute approximate surface area is 138 Å². The molecule has 2 N–H and O–H groups in total. The Morgan fingerprint density at radius 1 is 1.26 bits per heavy atom. The number of rotatable bonds is 5. The van der Waals surface area contributed by atoms with Crippen molar-refractivity contribution in [1.82, 2.24) is 5.32 Å². The molecular formula is C17H25NO4S. The van der Waals surface area contributed by atoms with E-state index in [0.29, 0.717) is 0 Å². The summed E-state index contributed by atoms with van der Waals surface area (Å²) in [6, 6.07) is 6.22. The highest BCUT2D eigenvalue weighted by Crippen LogP contribution is 2.25. The number of carboxylic acids is 1. The maximum atomic E-state index is 12.6. The molecule has 1 aliphatic heterocycles. The zero-order chi connectivity index (χ0) is 17.3. The van der Waals surface area contributed by atoms with Crippen molar-refractivity contribution in [2.75, 3.05) is 6.54 Å². The van der Waals surface area contributed by atoms with Crippen LogP contribution in [0.2, 0.25) is 0 Å². The first kappa shape index (κ1) is 17.9. The van der Waals surface area contributed by atoms with Gasteiger partial charge in [-0.1, -0.05) is 32.9 Å². The van der Waals surface area contributed by atoms with Crippen LogP contribution in [0.25, 0.3) is 0 Å². The summed E-state index contributed by atoms with van der Waals surface area (Å²) >= 11 is 0. The van der Waals surface area contributed by atoms with Gasteiger partial charge >= 0.3 is 5.97 Å². The minimum Gasteiger partial charge on any atom is -0.480 e. The van der Waals surface area contributed by atoms with Gasteiger partial charge in [-0.2, -0.15) is 0 Å². The summed E-state index contributed by atoms with van der Waals surface area (Å²) in [5.41, 5.74) is 1.36. The Morgan fingerprint density at radius 2 is 1.87 bits per heavy atom. The van der Waals surface area contributed by atoms with Crippen molar-refractivity contribution in [3.8, 4) is 0 Å². The molecule has 23 heavy (non-hydrogen) atoms. The number of benzene rings is 1. The van der Waals surface area contributed by atoms with Crippen LogP contribution in [0.15, 0.2) is 29.2 Å². The highest BCUT2D eigenvalue weighted by molar-refractivity contribution is 7.92. The fraction of sp³-hybridized carbons (Fsp3) is 0.588. The molecule has 0 bridgehead atoms. The van der Waals surface area contributed by atoms with Gasteiger partial charge in [-0.3, -0.25) is 4.79 Å². The van der Waals surface area contributed by atoms with Gasteiger partial charge in [0.05, 0.1) is 10.1 Å². The Hall–Kier alpha value is -1.40. The molecule has 0 spiro atoms. The molecule has 1 unspecified atom stereocenters. The minimum atomic E-state index is -3.49. The largest absolute Gasteiger partial charge is 0.480 e. The van der Waals surface area contributed by atoms with E-state index in [1.165, 1.54) is 0 Å². The van der Waals surface area contributed by atoms with Gasteiger partial charge in [0.2, 0.25) is 0 Å². The van der Waals surface area contributed by atoms with Gasteiger partial charge in [0.15, 0.2) is 9.84 Å². The number of carbonyl (C=O) groups is 1. The molecule has 0 radical (unpaired) electrons. The SMILES string of the molecule is CC(C)(C)CCc1ccc(S(=O)(=O)C2CN[C@H](C(=O)O)C2)cc1. The van der Waals surface area contributed by atoms with Crippen molar-refractivity contribution < 1.29 is 18.3 Å². The lowest BCUT2D eigenvalue weighted by atomic mass is 9.89. The third kappa shape index (κ3) is 4.54. The van der Waals surface area contributed by atoms with E-state index in [4.69, 9.17) is 5.11 Å². The fourth-order valence-electron chi connectivity index (χ4n) is 2.69. The summed E-state index contributed by atoms with van der Waals surface area (Å²) in [4.78, 5) is 11.2. The van der Waals surface area contributed by atoms with Crippen LogP contribution in [0.3, 0.4) is 0 Å². The zero-order valence-electron chi connectivity index (χ0n) is 13.9. The molecule has 1 fully saturated rings. The molecule has 1 aromatic carbocycles. The lowest BCUT2D eigenvalue weighted by Crippen LogP contribution is -2.30. The normalized spacial score (nSPS) is 22.2. The molecule has 0 amide bonds. The summed E-state index contributed by atoms with van der Waals surface area (Å²) in [6.07, 6.45) is 2.06. The molecular weight excluding hydrogens is 314 g/mol. The van der Waals surface area contributed by atoms with Crippen LogP contribution < -0.4 is 5.32 Å². The molecule has 128 valence electrons. The Balaban J connectivity index is 2.08. The van der Waals surface area contributed by atoms with Crippen molar-refractivity contribution in [3.63, 3.8) is 0 Å². The second kappa shape index (κ2) is 6.61. The van der Waals surface area contributed by atoms with Gasteiger partial charge in [0.25, 0.3) is 0 Å². The number of aryl methyl sites for hydroxylation is 1. The first-order valence-electron chi connectivity index (χ1n) is 7.89. The third-order valence-corrected chi connectivity index (χ3v) is 6.41. The maximum absolute atomic E-state index is 12.6. The van der Waals surface area contributed by atoms with Crippen molar-refractivity contribution >= 4 is 15.8 Å². The summed E-state index contributed by atoms with van der Waals surface area (Å²) in [7, 11) is -3.49. The van der Waals surface area contributed by atoms with Gasteiger partial charge in [-0.25, -0.2) is 8.42 Å². The van der Waals surface area contributed by atoms with Crippen molar-refractivity contribution in [2.24, 2.45) is 5.41 Å². The van der Waals surface area contributed by atoms with E-state index in [1.54, 1.807) is 12.1 Å². The minimum absolute atomic E-state index is 0.115. The fourth-order valence-corrected chi connectivity index (χ4v) is 4.35. The summed E-state index contributed by atoms with van der Waals surface area (Å²) < 4.78 is 25.2. The van der Waals surface area contributed by atoms with Gasteiger partial charge in [-0.15, -0.1) is 0 Å². The van der Waals surface area contributed by atoms with E-state index >= 15 is 0 Å². The average molecular weight is 339 g/mol. The number of aliphatic carboxylic acids is 1. The predicted molar refractivity (Wildman–Crippen MR) is 89.2 cm³/mol. The number of hydrogen-bond acceptors (Lipinski definition) is 4. The molecule has 1 aromatic rings. The highest BCUT2D eigenvalue weighted by Gasteiger charge is 2.37. The Morgan fingerprint density at radius 3 is 2.35 bits per heavy atom. The van der Waals surface area contributed by atoms with Crippen LogP contribution in [0.5, 0.6) is 0 Å². The van der Waals surface area contributed by atoms with Crippen molar-refractivity contribution in [3.05, 3.63) is 29.8 Å². The molecule has 0 saturated carbocycles. The topological polar surface area (TPSA) is 83.5 Å². The van der Waals surface area contributed by atoms with Crippen molar-refractivity contribution in [2.45, 2.75) is 56.2 Å². The number of carboxylic acid groups (broad SMARTS) is 1.